The van der Waals surface area contributed by atoms with Gasteiger partial charge in [-0.2, -0.15) is 4.99 Å². The van der Waals surface area contributed by atoms with E-state index in [2.05, 4.69) is 18.5 Å². The molecule has 0 fully saturated rings. The molecule has 0 aliphatic carbocycles. The molecule has 0 aliphatic rings. The van der Waals surface area contributed by atoms with Crippen LogP contribution in [-0.2, 0) is 0 Å². The van der Waals surface area contributed by atoms with E-state index in [-0.39, 0.29) is 16.6 Å². The summed E-state index contributed by atoms with van der Waals surface area (Å²) < 4.78 is 0. The van der Waals surface area contributed by atoms with Crippen molar-refractivity contribution in [2.45, 2.75) is 25.8 Å². The van der Waals surface area contributed by atoms with Gasteiger partial charge in [0.1, 0.15) is 0 Å². The van der Waals surface area contributed by atoms with Crippen LogP contribution in [0.5, 0.6) is 0 Å². The molecule has 1 N–H and O–H groups in total. The van der Waals surface area contributed by atoms with Gasteiger partial charge in [-0.1, -0.05) is 31.7 Å². The summed E-state index contributed by atoms with van der Waals surface area (Å²) in [4.78, 5) is 5.50. The minimum atomic E-state index is -0.312. The topological polar surface area (TPSA) is 39.5 Å². The number of halogens is 2. The van der Waals surface area contributed by atoms with Gasteiger partial charge in [0, 0.05) is 13.1 Å². The van der Waals surface area contributed by atoms with Crippen molar-refractivity contribution in [3.63, 3.8) is 0 Å². The third-order valence-electron chi connectivity index (χ3n) is 2.18. The molecular weight excluding hydrogens is 245 g/mol. The SMILES string of the molecule is C=C/C=C\CC(CC)N(C)C(Cl)=NC(=N)Cl. The van der Waals surface area contributed by atoms with E-state index >= 15 is 0 Å². The highest BCUT2D eigenvalue weighted by atomic mass is 35.5. The maximum Gasteiger partial charge on any atom is 0.217 e. The highest BCUT2D eigenvalue weighted by Gasteiger charge is 2.14. The smallest absolute Gasteiger partial charge is 0.217 e. The lowest BCUT2D eigenvalue weighted by atomic mass is 10.1. The van der Waals surface area contributed by atoms with E-state index in [0.717, 1.165) is 12.8 Å². The fourth-order valence-electron chi connectivity index (χ4n) is 1.24. The van der Waals surface area contributed by atoms with E-state index in [4.69, 9.17) is 28.6 Å². The number of nitrogens with one attached hydrogen (secondary N) is 1. The lowest BCUT2D eigenvalue weighted by molar-refractivity contribution is 0.363. The summed E-state index contributed by atoms with van der Waals surface area (Å²) in [5.74, 6) is 0. The fraction of sp³-hybridized carbons (Fsp3) is 0.455. The molecule has 1 unspecified atom stereocenters. The largest absolute Gasteiger partial charge is 0.347 e. The third-order valence-corrected chi connectivity index (χ3v) is 2.62. The van der Waals surface area contributed by atoms with Crippen molar-refractivity contribution in [3.8, 4) is 0 Å². The van der Waals surface area contributed by atoms with Crippen molar-refractivity contribution in [1.82, 2.24) is 4.90 Å². The molecule has 0 aromatic rings. The predicted molar refractivity (Wildman–Crippen MR) is 72.7 cm³/mol. The van der Waals surface area contributed by atoms with Crippen LogP contribution in [0.1, 0.15) is 19.8 Å². The zero-order valence-electron chi connectivity index (χ0n) is 9.58. The van der Waals surface area contributed by atoms with Crippen LogP contribution in [-0.4, -0.2) is 28.6 Å². The fourth-order valence-corrected chi connectivity index (χ4v) is 1.59. The van der Waals surface area contributed by atoms with E-state index < -0.39 is 0 Å². The molecule has 0 radical (unpaired) electrons. The minimum Gasteiger partial charge on any atom is -0.347 e. The van der Waals surface area contributed by atoms with E-state index in [0.29, 0.717) is 0 Å². The second kappa shape index (κ2) is 8.36. The van der Waals surface area contributed by atoms with Gasteiger partial charge in [-0.15, -0.1) is 0 Å². The molecule has 90 valence electrons. The van der Waals surface area contributed by atoms with Crippen molar-refractivity contribution in [2.24, 2.45) is 4.99 Å². The van der Waals surface area contributed by atoms with Crippen LogP contribution in [0.25, 0.3) is 0 Å². The van der Waals surface area contributed by atoms with Crippen LogP contribution in [0, 0.1) is 5.41 Å². The first-order chi connectivity index (χ1) is 7.52. The third kappa shape index (κ3) is 5.93. The Morgan fingerprint density at radius 2 is 2.19 bits per heavy atom. The minimum absolute atomic E-state index is 0.235. The van der Waals surface area contributed by atoms with Gasteiger partial charge in [0.2, 0.25) is 10.6 Å². The summed E-state index contributed by atoms with van der Waals surface area (Å²) in [6.45, 7) is 5.68. The maximum atomic E-state index is 7.02. The molecule has 0 saturated carbocycles. The molecule has 0 spiro atoms. The van der Waals surface area contributed by atoms with Crippen molar-refractivity contribution in [3.05, 3.63) is 24.8 Å². The van der Waals surface area contributed by atoms with Crippen LogP contribution in [0.4, 0.5) is 0 Å². The average molecular weight is 262 g/mol. The molecule has 0 heterocycles. The van der Waals surface area contributed by atoms with Crippen LogP contribution in [0.3, 0.4) is 0 Å². The Hall–Kier alpha value is -0.800. The zero-order valence-corrected chi connectivity index (χ0v) is 11.1. The lowest BCUT2D eigenvalue weighted by Gasteiger charge is -2.26. The number of amidine groups is 2. The highest BCUT2D eigenvalue weighted by molar-refractivity contribution is 6.70. The summed E-state index contributed by atoms with van der Waals surface area (Å²) in [5, 5.41) is 6.95. The Kier molecular flexibility index (Phi) is 7.95. The van der Waals surface area contributed by atoms with Crippen molar-refractivity contribution in [1.29, 1.82) is 5.41 Å². The van der Waals surface area contributed by atoms with Crippen molar-refractivity contribution < 1.29 is 0 Å². The van der Waals surface area contributed by atoms with E-state index in [9.17, 15) is 0 Å². The van der Waals surface area contributed by atoms with Crippen LogP contribution >= 0.6 is 23.2 Å². The molecular formula is C11H17Cl2N3. The van der Waals surface area contributed by atoms with E-state index in [1.807, 2.05) is 24.1 Å². The van der Waals surface area contributed by atoms with E-state index in [1.165, 1.54) is 0 Å². The van der Waals surface area contributed by atoms with Gasteiger partial charge in [-0.05, 0) is 36.0 Å². The number of aliphatic imine (C=N–C) groups is 1. The summed E-state index contributed by atoms with van der Waals surface area (Å²) in [6, 6.07) is 0.239. The molecule has 0 saturated heterocycles. The maximum absolute atomic E-state index is 7.02. The summed E-state index contributed by atoms with van der Waals surface area (Å²) >= 11 is 11.3. The highest BCUT2D eigenvalue weighted by Crippen LogP contribution is 2.11. The second-order valence-corrected chi connectivity index (χ2v) is 3.94. The van der Waals surface area contributed by atoms with Crippen molar-refractivity contribution >= 4 is 33.8 Å². The Morgan fingerprint density at radius 3 is 2.62 bits per heavy atom. The Bertz CT molecular complexity index is 298. The standard InChI is InChI=1S/C11H17Cl2N3/c1-4-6-7-8-9(5-2)16(3)11(13)15-10(12)14/h4,6-7,9,14H,1,5,8H2,2-3H3/b7-6-,14-10?,15-11?. The Morgan fingerprint density at radius 1 is 1.56 bits per heavy atom. The van der Waals surface area contributed by atoms with Gasteiger partial charge in [0.25, 0.3) is 0 Å². The number of hydrogen-bond acceptors (Lipinski definition) is 1. The van der Waals surface area contributed by atoms with Gasteiger partial charge in [-0.25, -0.2) is 0 Å². The molecule has 3 nitrogen and oxygen atoms in total. The molecule has 0 aliphatic heterocycles. The summed E-state index contributed by atoms with van der Waals surface area (Å²) in [7, 11) is 1.83. The van der Waals surface area contributed by atoms with Crippen LogP contribution in [0.2, 0.25) is 0 Å². The Balaban J connectivity index is 4.51. The molecule has 0 rings (SSSR count). The first-order valence-corrected chi connectivity index (χ1v) is 5.77. The summed E-state index contributed by atoms with van der Waals surface area (Å²) in [6.07, 6.45) is 7.43. The van der Waals surface area contributed by atoms with Gasteiger partial charge in [0.15, 0.2) is 0 Å². The second-order valence-electron chi connectivity index (χ2n) is 3.24. The molecule has 0 aromatic carbocycles. The predicted octanol–water partition coefficient (Wildman–Crippen LogP) is 3.60. The van der Waals surface area contributed by atoms with Crippen LogP contribution in [0.15, 0.2) is 29.8 Å². The molecule has 0 amide bonds. The van der Waals surface area contributed by atoms with Gasteiger partial charge < -0.3 is 4.90 Å². The van der Waals surface area contributed by atoms with Crippen molar-refractivity contribution in [2.75, 3.05) is 7.05 Å². The number of nitrogens with zero attached hydrogens (tertiary/aromatic N) is 2. The Labute approximate surface area is 107 Å². The molecule has 5 heteroatoms. The number of hydrogen-bond donors (Lipinski definition) is 1. The normalized spacial score (nSPS) is 13.9. The monoisotopic (exact) mass is 261 g/mol. The van der Waals surface area contributed by atoms with Gasteiger partial charge >= 0.3 is 0 Å². The first kappa shape index (κ1) is 15.2. The van der Waals surface area contributed by atoms with E-state index in [1.54, 1.807) is 6.08 Å². The number of allylic oxidation sites excluding steroid dienone is 2. The number of rotatable bonds is 5. The zero-order chi connectivity index (χ0) is 12.6. The average Bonchev–Trinajstić information content (AvgIpc) is 2.22. The van der Waals surface area contributed by atoms with Gasteiger partial charge in [0.05, 0.1) is 0 Å². The molecule has 0 aromatic heterocycles. The molecule has 0 bridgehead atoms. The van der Waals surface area contributed by atoms with Gasteiger partial charge in [-0.3, -0.25) is 5.41 Å². The lowest BCUT2D eigenvalue weighted by Crippen LogP contribution is -2.34. The summed E-state index contributed by atoms with van der Waals surface area (Å²) in [5.41, 5.74) is 0. The van der Waals surface area contributed by atoms with Crippen LogP contribution < -0.4 is 0 Å². The molecule has 1 atom stereocenters. The quantitative estimate of drug-likeness (QED) is 0.349. The molecule has 16 heavy (non-hydrogen) atoms. The first-order valence-electron chi connectivity index (χ1n) is 5.01.